The van der Waals surface area contributed by atoms with Crippen molar-refractivity contribution in [3.05, 3.63) is 101 Å². The molecule has 6 heteroatoms. The molecule has 1 saturated heterocycles. The van der Waals surface area contributed by atoms with Gasteiger partial charge in [-0.1, -0.05) is 65.3 Å². The van der Waals surface area contributed by atoms with Crippen LogP contribution >= 0.6 is 0 Å². The number of amides is 1. The quantitative estimate of drug-likeness (QED) is 0.334. The molecule has 1 fully saturated rings. The Kier molecular flexibility index (Phi) is 8.52. The van der Waals surface area contributed by atoms with Crippen molar-refractivity contribution in [3.8, 4) is 5.75 Å². The van der Waals surface area contributed by atoms with E-state index in [0.29, 0.717) is 45.1 Å². The Morgan fingerprint density at radius 3 is 2.40 bits per heavy atom. The van der Waals surface area contributed by atoms with Crippen LogP contribution in [0, 0.1) is 13.8 Å². The molecule has 1 amide bonds. The largest absolute Gasteiger partial charge is 0.483 e. The minimum Gasteiger partial charge on any atom is -0.483 e. The van der Waals surface area contributed by atoms with Crippen LogP contribution in [0.15, 0.2) is 78.0 Å². The lowest BCUT2D eigenvalue weighted by atomic mass is 10.0. The minimum atomic E-state index is -0.0207. The lowest BCUT2D eigenvalue weighted by Gasteiger charge is -2.26. The Hall–Kier alpha value is -3.64. The fourth-order valence-electron chi connectivity index (χ4n) is 3.88. The molecule has 0 N–H and O–H groups in total. The van der Waals surface area contributed by atoms with E-state index in [9.17, 15) is 4.79 Å². The second-order valence-electron chi connectivity index (χ2n) is 8.72. The standard InChI is InChI=1S/C29H32N2O4/c1-22-8-10-25(11-9-22)20-35-30-27(19-24-6-4-3-5-7-24)26-12-13-28(23(2)18-26)34-21-29(32)31-14-16-33-17-15-31/h3-13,18H,14-17,19-21H2,1-2H3/b30-27+. The van der Waals surface area contributed by atoms with Crippen LogP contribution in [0.25, 0.3) is 0 Å². The normalized spacial score (nSPS) is 14.0. The van der Waals surface area contributed by atoms with Gasteiger partial charge in [-0.25, -0.2) is 0 Å². The summed E-state index contributed by atoms with van der Waals surface area (Å²) in [6, 6.07) is 24.4. The Labute approximate surface area is 207 Å². The predicted molar refractivity (Wildman–Crippen MR) is 137 cm³/mol. The average Bonchev–Trinajstić information content (AvgIpc) is 2.89. The highest BCUT2D eigenvalue weighted by atomic mass is 16.6. The van der Waals surface area contributed by atoms with E-state index in [1.54, 1.807) is 4.90 Å². The maximum Gasteiger partial charge on any atom is 0.260 e. The number of oxime groups is 1. The van der Waals surface area contributed by atoms with E-state index in [2.05, 4.69) is 48.5 Å². The van der Waals surface area contributed by atoms with Gasteiger partial charge in [-0.2, -0.15) is 0 Å². The monoisotopic (exact) mass is 472 g/mol. The van der Waals surface area contributed by atoms with Gasteiger partial charge in [0.2, 0.25) is 0 Å². The highest BCUT2D eigenvalue weighted by molar-refractivity contribution is 6.01. The van der Waals surface area contributed by atoms with E-state index in [1.165, 1.54) is 5.56 Å². The highest BCUT2D eigenvalue weighted by Crippen LogP contribution is 2.21. The molecular weight excluding hydrogens is 440 g/mol. The molecule has 3 aromatic carbocycles. The zero-order valence-corrected chi connectivity index (χ0v) is 20.4. The van der Waals surface area contributed by atoms with Gasteiger partial charge in [0, 0.05) is 25.1 Å². The van der Waals surface area contributed by atoms with Crippen LogP contribution in [-0.4, -0.2) is 49.4 Å². The highest BCUT2D eigenvalue weighted by Gasteiger charge is 2.18. The third-order valence-electron chi connectivity index (χ3n) is 5.96. The summed E-state index contributed by atoms with van der Waals surface area (Å²) >= 11 is 0. The van der Waals surface area contributed by atoms with Crippen LogP contribution < -0.4 is 4.74 Å². The van der Waals surface area contributed by atoms with Crippen molar-refractivity contribution < 1.29 is 19.1 Å². The number of benzene rings is 3. The molecule has 0 unspecified atom stereocenters. The number of carbonyl (C=O) groups is 1. The summed E-state index contributed by atoms with van der Waals surface area (Å²) in [6.07, 6.45) is 0.643. The van der Waals surface area contributed by atoms with Crippen molar-refractivity contribution in [2.75, 3.05) is 32.9 Å². The topological polar surface area (TPSA) is 60.4 Å². The van der Waals surface area contributed by atoms with Crippen molar-refractivity contribution in [2.24, 2.45) is 5.16 Å². The van der Waals surface area contributed by atoms with Crippen molar-refractivity contribution in [1.29, 1.82) is 0 Å². The smallest absolute Gasteiger partial charge is 0.260 e. The fourth-order valence-corrected chi connectivity index (χ4v) is 3.88. The van der Waals surface area contributed by atoms with Gasteiger partial charge in [0.25, 0.3) is 5.91 Å². The third-order valence-corrected chi connectivity index (χ3v) is 5.96. The van der Waals surface area contributed by atoms with Crippen molar-refractivity contribution in [1.82, 2.24) is 4.90 Å². The molecule has 3 aromatic rings. The fraction of sp³-hybridized carbons (Fsp3) is 0.310. The molecule has 6 nitrogen and oxygen atoms in total. The maximum atomic E-state index is 12.4. The van der Waals surface area contributed by atoms with Gasteiger partial charge in [0.15, 0.2) is 6.61 Å². The molecule has 1 heterocycles. The number of rotatable bonds is 9. The van der Waals surface area contributed by atoms with E-state index in [1.807, 2.05) is 43.3 Å². The van der Waals surface area contributed by atoms with Gasteiger partial charge in [-0.3, -0.25) is 4.79 Å². The van der Waals surface area contributed by atoms with Gasteiger partial charge in [-0.15, -0.1) is 0 Å². The molecule has 4 rings (SSSR count). The molecular formula is C29H32N2O4. The summed E-state index contributed by atoms with van der Waals surface area (Å²) in [5.74, 6) is 0.669. The number of carbonyl (C=O) groups excluding carboxylic acids is 1. The van der Waals surface area contributed by atoms with Gasteiger partial charge in [0.1, 0.15) is 12.4 Å². The number of ether oxygens (including phenoxy) is 2. The van der Waals surface area contributed by atoms with Crippen LogP contribution in [0.2, 0.25) is 0 Å². The van der Waals surface area contributed by atoms with Crippen LogP contribution in [-0.2, 0) is 27.4 Å². The second kappa shape index (κ2) is 12.2. The number of morpholine rings is 1. The predicted octanol–water partition coefficient (Wildman–Crippen LogP) is 4.70. The number of nitrogens with zero attached hydrogens (tertiary/aromatic N) is 2. The van der Waals surface area contributed by atoms with Gasteiger partial charge in [0.05, 0.1) is 18.9 Å². The summed E-state index contributed by atoms with van der Waals surface area (Å²) < 4.78 is 11.2. The molecule has 0 aliphatic carbocycles. The third kappa shape index (κ3) is 7.17. The zero-order valence-electron chi connectivity index (χ0n) is 20.4. The van der Waals surface area contributed by atoms with Crippen LogP contribution in [0.5, 0.6) is 5.75 Å². The van der Waals surface area contributed by atoms with Crippen molar-refractivity contribution in [2.45, 2.75) is 26.9 Å². The lowest BCUT2D eigenvalue weighted by Crippen LogP contribution is -2.43. The SMILES string of the molecule is Cc1ccc(CO/N=C(\Cc2ccccc2)c2ccc(OCC(=O)N3CCOCC3)c(C)c2)cc1. The molecule has 0 spiro atoms. The number of hydrogen-bond donors (Lipinski definition) is 0. The van der Waals surface area contributed by atoms with E-state index in [-0.39, 0.29) is 12.5 Å². The van der Waals surface area contributed by atoms with Crippen molar-refractivity contribution >= 4 is 11.6 Å². The second-order valence-corrected chi connectivity index (χ2v) is 8.72. The van der Waals surface area contributed by atoms with Gasteiger partial charge < -0.3 is 19.2 Å². The molecule has 0 aromatic heterocycles. The Morgan fingerprint density at radius 2 is 1.69 bits per heavy atom. The van der Waals surface area contributed by atoms with E-state index in [4.69, 9.17) is 14.3 Å². The van der Waals surface area contributed by atoms with Crippen LogP contribution in [0.4, 0.5) is 0 Å². The molecule has 0 saturated carbocycles. The summed E-state index contributed by atoms with van der Waals surface area (Å²) in [5, 5.41) is 4.52. The number of hydrogen-bond acceptors (Lipinski definition) is 5. The Bertz CT molecular complexity index is 1140. The molecule has 35 heavy (non-hydrogen) atoms. The maximum absolute atomic E-state index is 12.4. The average molecular weight is 473 g/mol. The first kappa shape index (κ1) is 24.5. The zero-order chi connectivity index (χ0) is 24.5. The molecule has 1 aliphatic rings. The van der Waals surface area contributed by atoms with Gasteiger partial charge in [-0.05, 0) is 48.7 Å². The first-order valence-corrected chi connectivity index (χ1v) is 12.0. The first-order valence-electron chi connectivity index (χ1n) is 12.0. The van der Waals surface area contributed by atoms with Crippen LogP contribution in [0.3, 0.4) is 0 Å². The molecule has 0 atom stereocenters. The van der Waals surface area contributed by atoms with Crippen LogP contribution in [0.1, 0.15) is 27.8 Å². The minimum absolute atomic E-state index is 0.0187. The lowest BCUT2D eigenvalue weighted by molar-refractivity contribution is -0.137. The molecule has 0 bridgehead atoms. The molecule has 182 valence electrons. The van der Waals surface area contributed by atoms with E-state index in [0.717, 1.165) is 28.0 Å². The summed E-state index contributed by atoms with van der Waals surface area (Å²) in [4.78, 5) is 20.0. The summed E-state index contributed by atoms with van der Waals surface area (Å²) in [6.45, 7) is 6.85. The molecule has 0 radical (unpaired) electrons. The van der Waals surface area contributed by atoms with E-state index < -0.39 is 0 Å². The Balaban J connectivity index is 1.45. The summed E-state index contributed by atoms with van der Waals surface area (Å²) in [5.41, 5.74) is 6.18. The molecule has 1 aliphatic heterocycles. The first-order chi connectivity index (χ1) is 17.1. The summed E-state index contributed by atoms with van der Waals surface area (Å²) in [7, 11) is 0. The van der Waals surface area contributed by atoms with E-state index >= 15 is 0 Å². The van der Waals surface area contributed by atoms with Gasteiger partial charge >= 0.3 is 0 Å². The Morgan fingerprint density at radius 1 is 0.943 bits per heavy atom. The number of aryl methyl sites for hydroxylation is 2. The van der Waals surface area contributed by atoms with Crippen molar-refractivity contribution in [3.63, 3.8) is 0 Å².